The second-order valence-corrected chi connectivity index (χ2v) is 7.57. The van der Waals surface area contributed by atoms with E-state index in [9.17, 15) is 8.42 Å². The standard InChI is InChI=1S/C19H19N3O3S/c1-13-8-7-11-17(12-13)26(23,24)22-18-14(2)20-19(21-15(18)3)25-16-9-5-4-6-10-16/h4-12,22H,1-3H3. The second kappa shape index (κ2) is 7.13. The zero-order chi connectivity index (χ0) is 18.7. The minimum absolute atomic E-state index is 0.171. The van der Waals surface area contributed by atoms with Crippen LogP contribution in [0, 0.1) is 20.8 Å². The smallest absolute Gasteiger partial charge is 0.322 e. The number of aryl methyl sites for hydroxylation is 3. The fraction of sp³-hybridized carbons (Fsp3) is 0.158. The number of sulfonamides is 1. The molecule has 2 aromatic carbocycles. The van der Waals surface area contributed by atoms with Crippen molar-refractivity contribution in [1.29, 1.82) is 0 Å². The maximum Gasteiger partial charge on any atom is 0.322 e. The molecule has 0 spiro atoms. The van der Waals surface area contributed by atoms with Crippen LogP contribution in [0.25, 0.3) is 0 Å². The summed E-state index contributed by atoms with van der Waals surface area (Å²) in [5, 5.41) is 0. The highest BCUT2D eigenvalue weighted by Crippen LogP contribution is 2.25. The normalized spacial score (nSPS) is 11.2. The van der Waals surface area contributed by atoms with Gasteiger partial charge in [0.25, 0.3) is 10.0 Å². The van der Waals surface area contributed by atoms with E-state index in [1.54, 1.807) is 44.2 Å². The van der Waals surface area contributed by atoms with Gasteiger partial charge in [0.2, 0.25) is 0 Å². The summed E-state index contributed by atoms with van der Waals surface area (Å²) in [6.07, 6.45) is 0. The molecule has 0 aliphatic heterocycles. The lowest BCUT2D eigenvalue weighted by Gasteiger charge is -2.14. The first-order chi connectivity index (χ1) is 12.3. The van der Waals surface area contributed by atoms with Gasteiger partial charge in [-0.2, -0.15) is 9.97 Å². The van der Waals surface area contributed by atoms with Crippen molar-refractivity contribution >= 4 is 15.7 Å². The summed E-state index contributed by atoms with van der Waals surface area (Å²) in [6, 6.07) is 16.0. The Morgan fingerprint density at radius 1 is 0.885 bits per heavy atom. The van der Waals surface area contributed by atoms with Crippen molar-refractivity contribution in [1.82, 2.24) is 9.97 Å². The summed E-state index contributed by atoms with van der Waals surface area (Å²) in [5.41, 5.74) is 2.19. The Balaban J connectivity index is 1.89. The van der Waals surface area contributed by atoms with Crippen LogP contribution in [0.4, 0.5) is 5.69 Å². The van der Waals surface area contributed by atoms with E-state index in [-0.39, 0.29) is 10.9 Å². The topological polar surface area (TPSA) is 81.2 Å². The first kappa shape index (κ1) is 17.9. The van der Waals surface area contributed by atoms with Gasteiger partial charge in [-0.3, -0.25) is 4.72 Å². The molecule has 3 aromatic rings. The molecule has 0 saturated heterocycles. The number of nitrogens with zero attached hydrogens (tertiary/aromatic N) is 2. The van der Waals surface area contributed by atoms with Gasteiger partial charge in [-0.05, 0) is 50.6 Å². The lowest BCUT2D eigenvalue weighted by atomic mass is 10.2. The molecular formula is C19H19N3O3S. The van der Waals surface area contributed by atoms with Crippen LogP contribution in [0.1, 0.15) is 17.0 Å². The van der Waals surface area contributed by atoms with Gasteiger partial charge in [0, 0.05) is 0 Å². The fourth-order valence-corrected chi connectivity index (χ4v) is 3.73. The number of hydrogen-bond acceptors (Lipinski definition) is 5. The first-order valence-electron chi connectivity index (χ1n) is 8.03. The maximum absolute atomic E-state index is 12.6. The van der Waals surface area contributed by atoms with Crippen LogP contribution < -0.4 is 9.46 Å². The van der Waals surface area contributed by atoms with E-state index in [0.717, 1.165) is 5.56 Å². The number of aromatic nitrogens is 2. The van der Waals surface area contributed by atoms with Gasteiger partial charge in [0.05, 0.1) is 22.0 Å². The molecule has 0 aliphatic carbocycles. The third-order valence-corrected chi connectivity index (χ3v) is 5.09. The molecular weight excluding hydrogens is 350 g/mol. The van der Waals surface area contributed by atoms with Crippen molar-refractivity contribution in [2.45, 2.75) is 25.7 Å². The van der Waals surface area contributed by atoms with Crippen LogP contribution in [-0.4, -0.2) is 18.4 Å². The van der Waals surface area contributed by atoms with E-state index in [2.05, 4.69) is 14.7 Å². The van der Waals surface area contributed by atoms with Crippen molar-refractivity contribution in [3.05, 3.63) is 71.5 Å². The Kier molecular flexibility index (Phi) is 4.90. The summed E-state index contributed by atoms with van der Waals surface area (Å²) in [5.74, 6) is 0.611. The molecule has 0 unspecified atom stereocenters. The zero-order valence-corrected chi connectivity index (χ0v) is 15.5. The van der Waals surface area contributed by atoms with Crippen molar-refractivity contribution in [2.75, 3.05) is 4.72 Å². The first-order valence-corrected chi connectivity index (χ1v) is 9.51. The SMILES string of the molecule is Cc1cccc(S(=O)(=O)Nc2c(C)nc(Oc3ccccc3)nc2C)c1. The van der Waals surface area contributed by atoms with E-state index in [0.29, 0.717) is 22.8 Å². The van der Waals surface area contributed by atoms with Gasteiger partial charge < -0.3 is 4.74 Å². The minimum atomic E-state index is -3.72. The van der Waals surface area contributed by atoms with Crippen LogP contribution in [0.2, 0.25) is 0 Å². The summed E-state index contributed by atoms with van der Waals surface area (Å²) in [4.78, 5) is 8.72. The molecule has 0 bridgehead atoms. The molecule has 26 heavy (non-hydrogen) atoms. The fourth-order valence-electron chi connectivity index (χ4n) is 2.45. The lowest BCUT2D eigenvalue weighted by Crippen LogP contribution is -2.16. The van der Waals surface area contributed by atoms with Gasteiger partial charge >= 0.3 is 6.01 Å². The molecule has 0 fully saturated rings. The maximum atomic E-state index is 12.6. The largest absolute Gasteiger partial charge is 0.424 e. The van der Waals surface area contributed by atoms with E-state index in [1.165, 1.54) is 0 Å². The highest BCUT2D eigenvalue weighted by molar-refractivity contribution is 7.92. The van der Waals surface area contributed by atoms with Crippen LogP contribution in [0.3, 0.4) is 0 Å². The highest BCUT2D eigenvalue weighted by atomic mass is 32.2. The number of para-hydroxylation sites is 1. The van der Waals surface area contributed by atoms with Crippen LogP contribution >= 0.6 is 0 Å². The minimum Gasteiger partial charge on any atom is -0.424 e. The van der Waals surface area contributed by atoms with E-state index in [1.807, 2.05) is 31.2 Å². The Labute approximate surface area is 153 Å². The van der Waals surface area contributed by atoms with Crippen LogP contribution in [0.5, 0.6) is 11.8 Å². The average molecular weight is 369 g/mol. The molecule has 0 amide bonds. The Bertz CT molecular complexity index is 1010. The van der Waals surface area contributed by atoms with Gasteiger partial charge in [0.1, 0.15) is 5.75 Å². The molecule has 6 nitrogen and oxygen atoms in total. The van der Waals surface area contributed by atoms with Crippen molar-refractivity contribution in [3.63, 3.8) is 0 Å². The predicted octanol–water partition coefficient (Wildman–Crippen LogP) is 3.99. The average Bonchev–Trinajstić information content (AvgIpc) is 2.59. The van der Waals surface area contributed by atoms with Crippen molar-refractivity contribution in [3.8, 4) is 11.8 Å². The Morgan fingerprint density at radius 3 is 2.15 bits per heavy atom. The molecule has 0 radical (unpaired) electrons. The number of anilines is 1. The Hall–Kier alpha value is -2.93. The van der Waals surface area contributed by atoms with Crippen LogP contribution in [0.15, 0.2) is 59.5 Å². The van der Waals surface area contributed by atoms with Gasteiger partial charge in [-0.25, -0.2) is 8.42 Å². The van der Waals surface area contributed by atoms with Crippen LogP contribution in [-0.2, 0) is 10.0 Å². The molecule has 1 heterocycles. The summed E-state index contributed by atoms with van der Waals surface area (Å²) >= 11 is 0. The summed E-state index contributed by atoms with van der Waals surface area (Å²) in [7, 11) is -3.72. The Morgan fingerprint density at radius 2 is 1.54 bits per heavy atom. The lowest BCUT2D eigenvalue weighted by molar-refractivity contribution is 0.439. The number of hydrogen-bond donors (Lipinski definition) is 1. The number of rotatable bonds is 5. The molecule has 3 rings (SSSR count). The quantitative estimate of drug-likeness (QED) is 0.735. The molecule has 1 N–H and O–H groups in total. The van der Waals surface area contributed by atoms with Crippen molar-refractivity contribution < 1.29 is 13.2 Å². The number of benzene rings is 2. The molecule has 0 aliphatic rings. The molecule has 7 heteroatoms. The third-order valence-electron chi connectivity index (χ3n) is 3.74. The van der Waals surface area contributed by atoms with E-state index >= 15 is 0 Å². The zero-order valence-electron chi connectivity index (χ0n) is 14.7. The number of nitrogens with one attached hydrogen (secondary N) is 1. The van der Waals surface area contributed by atoms with Gasteiger partial charge in [-0.15, -0.1) is 0 Å². The summed E-state index contributed by atoms with van der Waals surface area (Å²) in [6.45, 7) is 5.26. The second-order valence-electron chi connectivity index (χ2n) is 5.89. The highest BCUT2D eigenvalue weighted by Gasteiger charge is 2.19. The molecule has 1 aromatic heterocycles. The van der Waals surface area contributed by atoms with Gasteiger partial charge in [-0.1, -0.05) is 30.3 Å². The number of ether oxygens (including phenoxy) is 1. The summed E-state index contributed by atoms with van der Waals surface area (Å²) < 4.78 is 33.5. The molecule has 134 valence electrons. The van der Waals surface area contributed by atoms with Crippen molar-refractivity contribution in [2.24, 2.45) is 0 Å². The third kappa shape index (κ3) is 4.00. The van der Waals surface area contributed by atoms with Gasteiger partial charge in [0.15, 0.2) is 0 Å². The predicted molar refractivity (Wildman–Crippen MR) is 100 cm³/mol. The molecule has 0 saturated carbocycles. The molecule has 0 atom stereocenters. The monoisotopic (exact) mass is 369 g/mol. The van der Waals surface area contributed by atoms with E-state index in [4.69, 9.17) is 4.74 Å². The van der Waals surface area contributed by atoms with E-state index < -0.39 is 10.0 Å².